The normalized spacial score (nSPS) is 10.2. The number of benzene rings is 2. The molecule has 0 aromatic heterocycles. The first kappa shape index (κ1) is 17.3. The Kier molecular flexibility index (Phi) is 5.42. The van der Waals surface area contributed by atoms with E-state index in [1.54, 1.807) is 36.4 Å². The molecule has 0 saturated carbocycles. The number of carbonyl (C=O) groups is 4. The molecule has 2 N–H and O–H groups in total. The molecule has 0 bridgehead atoms. The third-order valence-electron chi connectivity index (χ3n) is 3.23. The number of amides is 2. The number of carbonyl (C=O) groups excluding carboxylic acids is 4. The Labute approximate surface area is 139 Å². The molecular formula is C18H18N2O4. The summed E-state index contributed by atoms with van der Waals surface area (Å²) >= 11 is 0. The highest BCUT2D eigenvalue weighted by molar-refractivity contribution is 6.05. The first-order valence-electron chi connectivity index (χ1n) is 7.46. The van der Waals surface area contributed by atoms with Gasteiger partial charge in [0.15, 0.2) is 0 Å². The first-order chi connectivity index (χ1) is 11.3. The molecule has 2 aromatic rings. The summed E-state index contributed by atoms with van der Waals surface area (Å²) in [4.78, 5) is 45.1. The number of ketones is 2. The maximum Gasteiger partial charge on any atom is 0.231 e. The fourth-order valence-corrected chi connectivity index (χ4v) is 2.26. The highest BCUT2D eigenvalue weighted by atomic mass is 16.2. The second-order valence-electron chi connectivity index (χ2n) is 5.63. The van der Waals surface area contributed by atoms with Crippen molar-refractivity contribution in [2.75, 3.05) is 10.6 Å². The van der Waals surface area contributed by atoms with Crippen molar-refractivity contribution in [2.24, 2.45) is 0 Å². The monoisotopic (exact) mass is 326 g/mol. The van der Waals surface area contributed by atoms with Gasteiger partial charge in [-0.2, -0.15) is 0 Å². The van der Waals surface area contributed by atoms with Gasteiger partial charge in [0.25, 0.3) is 0 Å². The predicted molar refractivity (Wildman–Crippen MR) is 91.8 cm³/mol. The maximum absolute atomic E-state index is 11.6. The standard InChI is InChI=1S/C18H18N2O4/c1-11(21)7-17(23)19-15-5-3-14-10-16(6-4-13(14)9-15)20-18(24)8-12(2)22/h3-6,9-10H,7-8H2,1-2H3,(H,19,23)(H,20,24). The van der Waals surface area contributed by atoms with E-state index in [-0.39, 0.29) is 36.2 Å². The number of nitrogens with one attached hydrogen (secondary N) is 2. The lowest BCUT2D eigenvalue weighted by atomic mass is 10.1. The third kappa shape index (κ3) is 5.01. The SMILES string of the molecule is CC(=O)CC(=O)Nc1ccc2cc(NC(=O)CC(C)=O)ccc2c1. The van der Waals surface area contributed by atoms with Crippen molar-refractivity contribution in [3.8, 4) is 0 Å². The minimum atomic E-state index is -0.352. The minimum absolute atomic E-state index is 0.154. The minimum Gasteiger partial charge on any atom is -0.326 e. The number of hydrogen-bond acceptors (Lipinski definition) is 4. The quantitative estimate of drug-likeness (QED) is 0.798. The molecule has 2 aromatic carbocycles. The van der Waals surface area contributed by atoms with Crippen LogP contribution in [0.25, 0.3) is 10.8 Å². The zero-order chi connectivity index (χ0) is 17.7. The van der Waals surface area contributed by atoms with Crippen LogP contribution in [0.3, 0.4) is 0 Å². The molecule has 0 fully saturated rings. The average Bonchev–Trinajstić information content (AvgIpc) is 2.45. The summed E-state index contributed by atoms with van der Waals surface area (Å²) in [5.41, 5.74) is 1.20. The van der Waals surface area contributed by atoms with Crippen molar-refractivity contribution in [1.82, 2.24) is 0 Å². The van der Waals surface area contributed by atoms with Crippen molar-refractivity contribution < 1.29 is 19.2 Å². The van der Waals surface area contributed by atoms with Crippen LogP contribution >= 0.6 is 0 Å². The smallest absolute Gasteiger partial charge is 0.231 e. The molecule has 0 aliphatic heterocycles. The highest BCUT2D eigenvalue weighted by Crippen LogP contribution is 2.23. The van der Waals surface area contributed by atoms with Crippen LogP contribution in [-0.4, -0.2) is 23.4 Å². The van der Waals surface area contributed by atoms with Gasteiger partial charge in [0.2, 0.25) is 11.8 Å². The zero-order valence-corrected chi connectivity index (χ0v) is 13.5. The van der Waals surface area contributed by atoms with Gasteiger partial charge in [-0.05, 0) is 48.9 Å². The first-order valence-corrected chi connectivity index (χ1v) is 7.46. The van der Waals surface area contributed by atoms with E-state index >= 15 is 0 Å². The Hall–Kier alpha value is -3.02. The lowest BCUT2D eigenvalue weighted by Gasteiger charge is -2.08. The number of rotatable bonds is 6. The fourth-order valence-electron chi connectivity index (χ4n) is 2.26. The van der Waals surface area contributed by atoms with Gasteiger partial charge in [0.05, 0.1) is 12.8 Å². The Morgan fingerprint density at radius 2 is 1.08 bits per heavy atom. The highest BCUT2D eigenvalue weighted by Gasteiger charge is 2.08. The van der Waals surface area contributed by atoms with E-state index in [4.69, 9.17) is 0 Å². The maximum atomic E-state index is 11.6. The Morgan fingerprint density at radius 3 is 1.42 bits per heavy atom. The molecule has 0 saturated heterocycles. The molecule has 6 heteroatoms. The van der Waals surface area contributed by atoms with Crippen LogP contribution in [0.2, 0.25) is 0 Å². The molecule has 0 radical (unpaired) electrons. The van der Waals surface area contributed by atoms with E-state index in [2.05, 4.69) is 10.6 Å². The van der Waals surface area contributed by atoms with Crippen LogP contribution in [0.1, 0.15) is 26.7 Å². The van der Waals surface area contributed by atoms with E-state index in [9.17, 15) is 19.2 Å². The molecular weight excluding hydrogens is 308 g/mol. The summed E-state index contributed by atoms with van der Waals surface area (Å²) in [6, 6.07) is 10.6. The Morgan fingerprint density at radius 1 is 0.708 bits per heavy atom. The van der Waals surface area contributed by atoms with Crippen LogP contribution in [0.4, 0.5) is 11.4 Å². The fraction of sp³-hybridized carbons (Fsp3) is 0.222. The van der Waals surface area contributed by atoms with E-state index < -0.39 is 0 Å². The van der Waals surface area contributed by atoms with Crippen molar-refractivity contribution in [3.05, 3.63) is 36.4 Å². The van der Waals surface area contributed by atoms with Gasteiger partial charge in [0, 0.05) is 11.4 Å². The van der Waals surface area contributed by atoms with E-state index in [1.165, 1.54) is 13.8 Å². The van der Waals surface area contributed by atoms with Crippen molar-refractivity contribution >= 4 is 45.5 Å². The molecule has 6 nitrogen and oxygen atoms in total. The van der Waals surface area contributed by atoms with Gasteiger partial charge in [-0.15, -0.1) is 0 Å². The summed E-state index contributed by atoms with van der Waals surface area (Å²) in [7, 11) is 0. The summed E-state index contributed by atoms with van der Waals surface area (Å²) < 4.78 is 0. The van der Waals surface area contributed by atoms with E-state index in [0.29, 0.717) is 11.4 Å². The second kappa shape index (κ2) is 7.50. The van der Waals surface area contributed by atoms with Crippen LogP contribution < -0.4 is 10.6 Å². The molecule has 0 atom stereocenters. The molecule has 0 heterocycles. The van der Waals surface area contributed by atoms with E-state index in [1.807, 2.05) is 0 Å². The van der Waals surface area contributed by atoms with Gasteiger partial charge in [-0.25, -0.2) is 0 Å². The molecule has 124 valence electrons. The van der Waals surface area contributed by atoms with Crippen LogP contribution in [0.5, 0.6) is 0 Å². The van der Waals surface area contributed by atoms with Crippen LogP contribution in [-0.2, 0) is 19.2 Å². The van der Waals surface area contributed by atoms with Gasteiger partial charge >= 0.3 is 0 Å². The largest absolute Gasteiger partial charge is 0.326 e. The molecule has 2 rings (SSSR count). The second-order valence-corrected chi connectivity index (χ2v) is 5.63. The van der Waals surface area contributed by atoms with Gasteiger partial charge < -0.3 is 10.6 Å². The number of anilines is 2. The molecule has 0 aliphatic carbocycles. The Balaban J connectivity index is 2.13. The lowest BCUT2D eigenvalue weighted by molar-refractivity contribution is -0.125. The van der Waals surface area contributed by atoms with Crippen molar-refractivity contribution in [2.45, 2.75) is 26.7 Å². The topological polar surface area (TPSA) is 92.3 Å². The van der Waals surface area contributed by atoms with Crippen LogP contribution in [0.15, 0.2) is 36.4 Å². The summed E-state index contributed by atoms with van der Waals surface area (Å²) in [6.45, 7) is 2.73. The molecule has 0 unspecified atom stereocenters. The third-order valence-corrected chi connectivity index (χ3v) is 3.23. The molecule has 0 spiro atoms. The van der Waals surface area contributed by atoms with Crippen molar-refractivity contribution in [3.63, 3.8) is 0 Å². The molecule has 24 heavy (non-hydrogen) atoms. The molecule has 0 aliphatic rings. The molecule has 2 amide bonds. The number of fused-ring (bicyclic) bond motifs is 1. The zero-order valence-electron chi connectivity index (χ0n) is 13.5. The van der Waals surface area contributed by atoms with Gasteiger partial charge in [0.1, 0.15) is 11.6 Å². The van der Waals surface area contributed by atoms with Gasteiger partial charge in [-0.3, -0.25) is 19.2 Å². The number of hydrogen-bond donors (Lipinski definition) is 2. The van der Waals surface area contributed by atoms with Crippen LogP contribution in [0, 0.1) is 0 Å². The number of Topliss-reactive ketones (excluding diaryl/α,β-unsaturated/α-hetero) is 2. The summed E-state index contributed by atoms with van der Waals surface area (Å²) in [5.74, 6) is -1.09. The predicted octanol–water partition coefficient (Wildman–Crippen LogP) is 2.68. The Bertz CT molecular complexity index is 758. The lowest BCUT2D eigenvalue weighted by Crippen LogP contribution is -2.15. The average molecular weight is 326 g/mol. The van der Waals surface area contributed by atoms with Crippen molar-refractivity contribution in [1.29, 1.82) is 0 Å². The summed E-state index contributed by atoms with van der Waals surface area (Å²) in [5, 5.41) is 7.08. The van der Waals surface area contributed by atoms with E-state index in [0.717, 1.165) is 10.8 Å². The summed E-state index contributed by atoms with van der Waals surface area (Å²) in [6.07, 6.45) is -0.307. The van der Waals surface area contributed by atoms with Gasteiger partial charge in [-0.1, -0.05) is 12.1 Å².